The Labute approximate surface area is 116 Å². The highest BCUT2D eigenvalue weighted by Crippen LogP contribution is 2.14. The summed E-state index contributed by atoms with van der Waals surface area (Å²) < 4.78 is 0. The van der Waals surface area contributed by atoms with Crippen LogP contribution in [0.1, 0.15) is 11.4 Å². The van der Waals surface area contributed by atoms with Gasteiger partial charge in [0.25, 0.3) is 0 Å². The summed E-state index contributed by atoms with van der Waals surface area (Å²) in [5.41, 5.74) is 2.18. The minimum Gasteiger partial charge on any atom is -0.332 e. The first-order valence-corrected chi connectivity index (χ1v) is 6.11. The normalized spacial score (nSPS) is 10.0. The fraction of sp³-hybridized carbons (Fsp3) is 0.154. The van der Waals surface area contributed by atoms with Gasteiger partial charge in [0.15, 0.2) is 0 Å². The van der Waals surface area contributed by atoms with Crippen LogP contribution in [0.15, 0.2) is 36.4 Å². The number of anilines is 1. The van der Waals surface area contributed by atoms with Gasteiger partial charge < -0.3 is 10.6 Å². The summed E-state index contributed by atoms with van der Waals surface area (Å²) >= 11 is 5.83. The molecule has 0 saturated carbocycles. The van der Waals surface area contributed by atoms with Crippen molar-refractivity contribution in [2.75, 3.05) is 5.32 Å². The summed E-state index contributed by atoms with van der Waals surface area (Å²) in [4.78, 5) is 11.7. The maximum Gasteiger partial charge on any atom is 0.319 e. The molecule has 0 saturated heterocycles. The number of aromatic nitrogens is 2. The van der Waals surface area contributed by atoms with Crippen molar-refractivity contribution in [3.05, 3.63) is 52.8 Å². The third kappa shape index (κ3) is 4.22. The van der Waals surface area contributed by atoms with Gasteiger partial charge in [-0.3, -0.25) is 0 Å². The fourth-order valence-corrected chi connectivity index (χ4v) is 1.62. The van der Waals surface area contributed by atoms with E-state index in [1.54, 1.807) is 24.3 Å². The number of halogens is 1. The van der Waals surface area contributed by atoms with Gasteiger partial charge in [0, 0.05) is 10.7 Å². The highest BCUT2D eigenvalue weighted by molar-refractivity contribution is 6.30. The van der Waals surface area contributed by atoms with Crippen molar-refractivity contribution in [1.82, 2.24) is 15.5 Å². The molecular formula is C13H13ClN4O. The molecule has 2 N–H and O–H groups in total. The minimum absolute atomic E-state index is 0.315. The van der Waals surface area contributed by atoms with Gasteiger partial charge in [-0.15, -0.1) is 0 Å². The van der Waals surface area contributed by atoms with Crippen LogP contribution in [-0.2, 0) is 6.54 Å². The monoisotopic (exact) mass is 276 g/mol. The Bertz CT molecular complexity index is 571. The zero-order valence-electron chi connectivity index (χ0n) is 10.4. The van der Waals surface area contributed by atoms with E-state index in [2.05, 4.69) is 20.8 Å². The van der Waals surface area contributed by atoms with E-state index in [-0.39, 0.29) is 6.03 Å². The largest absolute Gasteiger partial charge is 0.332 e. The number of urea groups is 1. The van der Waals surface area contributed by atoms with E-state index < -0.39 is 0 Å². The van der Waals surface area contributed by atoms with E-state index in [4.69, 9.17) is 11.6 Å². The van der Waals surface area contributed by atoms with Crippen molar-refractivity contribution in [2.24, 2.45) is 0 Å². The Hall–Kier alpha value is -2.14. The standard InChI is InChI=1S/C13H13ClN4O/c1-9-5-6-12(18-17-9)8-15-13(19)16-11-4-2-3-10(14)7-11/h2-7H,8H2,1H3,(H2,15,16,19). The van der Waals surface area contributed by atoms with Gasteiger partial charge >= 0.3 is 6.03 Å². The van der Waals surface area contributed by atoms with Gasteiger partial charge in [0.1, 0.15) is 0 Å². The SMILES string of the molecule is Cc1ccc(CNC(=O)Nc2cccc(Cl)c2)nn1. The maximum atomic E-state index is 11.7. The van der Waals surface area contributed by atoms with Gasteiger partial charge in [-0.1, -0.05) is 17.7 Å². The third-order valence-electron chi connectivity index (χ3n) is 2.37. The number of nitrogens with zero attached hydrogens (tertiary/aromatic N) is 2. The van der Waals surface area contributed by atoms with Crippen LogP contribution in [0.25, 0.3) is 0 Å². The molecule has 2 aromatic rings. The molecule has 1 heterocycles. The number of benzene rings is 1. The molecule has 0 aliphatic rings. The molecule has 1 aromatic carbocycles. The first-order valence-electron chi connectivity index (χ1n) is 5.73. The molecule has 1 aromatic heterocycles. The lowest BCUT2D eigenvalue weighted by Crippen LogP contribution is -2.28. The van der Waals surface area contributed by atoms with Crippen molar-refractivity contribution in [1.29, 1.82) is 0 Å². The average molecular weight is 277 g/mol. The average Bonchev–Trinajstić information content (AvgIpc) is 2.38. The van der Waals surface area contributed by atoms with E-state index in [0.29, 0.717) is 22.9 Å². The van der Waals surface area contributed by atoms with E-state index in [1.165, 1.54) is 0 Å². The van der Waals surface area contributed by atoms with Crippen molar-refractivity contribution >= 4 is 23.3 Å². The van der Waals surface area contributed by atoms with Crippen LogP contribution >= 0.6 is 11.6 Å². The van der Waals surface area contributed by atoms with Gasteiger partial charge in [-0.25, -0.2) is 4.79 Å². The van der Waals surface area contributed by atoms with E-state index in [0.717, 1.165) is 5.69 Å². The lowest BCUT2D eigenvalue weighted by molar-refractivity contribution is 0.251. The van der Waals surface area contributed by atoms with Gasteiger partial charge in [-0.2, -0.15) is 10.2 Å². The number of amides is 2. The first kappa shape index (κ1) is 13.3. The molecule has 0 radical (unpaired) electrons. The van der Waals surface area contributed by atoms with E-state index in [9.17, 15) is 4.79 Å². The zero-order chi connectivity index (χ0) is 13.7. The summed E-state index contributed by atoms with van der Waals surface area (Å²) in [5.74, 6) is 0. The number of hydrogen-bond acceptors (Lipinski definition) is 3. The molecular weight excluding hydrogens is 264 g/mol. The predicted molar refractivity (Wildman–Crippen MR) is 74.1 cm³/mol. The summed E-state index contributed by atoms with van der Waals surface area (Å²) in [6.45, 7) is 2.18. The Morgan fingerprint density at radius 1 is 1.26 bits per heavy atom. The molecule has 2 rings (SSSR count). The van der Waals surface area contributed by atoms with Crippen molar-refractivity contribution < 1.29 is 4.79 Å². The Morgan fingerprint density at radius 3 is 2.79 bits per heavy atom. The fourth-order valence-electron chi connectivity index (χ4n) is 1.43. The van der Waals surface area contributed by atoms with Crippen molar-refractivity contribution in [3.8, 4) is 0 Å². The van der Waals surface area contributed by atoms with Crippen LogP contribution in [-0.4, -0.2) is 16.2 Å². The molecule has 0 bridgehead atoms. The highest BCUT2D eigenvalue weighted by atomic mass is 35.5. The topological polar surface area (TPSA) is 66.9 Å². The molecule has 0 fully saturated rings. The summed E-state index contributed by atoms with van der Waals surface area (Å²) in [6, 6.07) is 10.3. The van der Waals surface area contributed by atoms with Gasteiger partial charge in [-0.05, 0) is 37.3 Å². The molecule has 0 aliphatic carbocycles. The second-order valence-electron chi connectivity index (χ2n) is 3.98. The minimum atomic E-state index is -0.315. The van der Waals surface area contributed by atoms with E-state index >= 15 is 0 Å². The van der Waals surface area contributed by atoms with Crippen molar-refractivity contribution in [3.63, 3.8) is 0 Å². The van der Waals surface area contributed by atoms with Crippen LogP contribution in [0.2, 0.25) is 5.02 Å². The quantitative estimate of drug-likeness (QED) is 0.906. The Balaban J connectivity index is 1.86. The molecule has 5 nitrogen and oxygen atoms in total. The molecule has 0 spiro atoms. The summed E-state index contributed by atoms with van der Waals surface area (Å²) in [7, 11) is 0. The number of carbonyl (C=O) groups is 1. The second-order valence-corrected chi connectivity index (χ2v) is 4.42. The van der Waals surface area contributed by atoms with Crippen LogP contribution in [0.3, 0.4) is 0 Å². The maximum absolute atomic E-state index is 11.7. The predicted octanol–water partition coefficient (Wildman–Crippen LogP) is 2.76. The smallest absolute Gasteiger partial charge is 0.319 e. The van der Waals surface area contributed by atoms with Crippen LogP contribution < -0.4 is 10.6 Å². The number of carbonyl (C=O) groups excluding carboxylic acids is 1. The molecule has 98 valence electrons. The number of aryl methyl sites for hydroxylation is 1. The van der Waals surface area contributed by atoms with E-state index in [1.807, 2.05) is 19.1 Å². The molecule has 0 unspecified atom stereocenters. The molecule has 19 heavy (non-hydrogen) atoms. The Kier molecular flexibility index (Phi) is 4.30. The summed E-state index contributed by atoms with van der Waals surface area (Å²) in [5, 5.41) is 13.8. The molecule has 0 aliphatic heterocycles. The number of hydrogen-bond donors (Lipinski definition) is 2. The zero-order valence-corrected chi connectivity index (χ0v) is 11.1. The van der Waals surface area contributed by atoms with Gasteiger partial charge in [0.2, 0.25) is 0 Å². The Morgan fingerprint density at radius 2 is 2.11 bits per heavy atom. The summed E-state index contributed by atoms with van der Waals surface area (Å²) in [6.07, 6.45) is 0. The lowest BCUT2D eigenvalue weighted by atomic mass is 10.3. The van der Waals surface area contributed by atoms with Crippen LogP contribution in [0.4, 0.5) is 10.5 Å². The number of rotatable bonds is 3. The molecule has 2 amide bonds. The van der Waals surface area contributed by atoms with Gasteiger partial charge in [0.05, 0.1) is 17.9 Å². The molecule has 6 heteroatoms. The third-order valence-corrected chi connectivity index (χ3v) is 2.60. The lowest BCUT2D eigenvalue weighted by Gasteiger charge is -2.07. The second kappa shape index (κ2) is 6.15. The highest BCUT2D eigenvalue weighted by Gasteiger charge is 2.03. The molecule has 0 atom stereocenters. The van der Waals surface area contributed by atoms with Crippen LogP contribution in [0, 0.1) is 6.92 Å². The van der Waals surface area contributed by atoms with Crippen molar-refractivity contribution in [2.45, 2.75) is 13.5 Å². The number of nitrogens with one attached hydrogen (secondary N) is 2. The van der Waals surface area contributed by atoms with Crippen LogP contribution in [0.5, 0.6) is 0 Å². The first-order chi connectivity index (χ1) is 9.13.